The summed E-state index contributed by atoms with van der Waals surface area (Å²) in [5.41, 5.74) is 0.790. The fourth-order valence-corrected chi connectivity index (χ4v) is 4.03. The third-order valence-electron chi connectivity index (χ3n) is 5.84. The molecule has 0 atom stereocenters. The van der Waals surface area contributed by atoms with Crippen LogP contribution in [0, 0.1) is 6.92 Å². The molecule has 154 valence electrons. The van der Waals surface area contributed by atoms with Crippen LogP contribution in [0.15, 0.2) is 18.2 Å². The number of phenolic OH excluding ortho intramolecular Hbond substituents is 1. The maximum Gasteiger partial charge on any atom is 0.254 e. The fourth-order valence-electron chi connectivity index (χ4n) is 4.03. The van der Waals surface area contributed by atoms with Crippen LogP contribution in [0.1, 0.15) is 36.2 Å². The zero-order chi connectivity index (χ0) is 20.3. The maximum absolute atomic E-state index is 13.2. The number of amides is 2. The highest BCUT2D eigenvalue weighted by Gasteiger charge is 2.39. The highest BCUT2D eigenvalue weighted by atomic mass is 16.5. The molecule has 0 unspecified atom stereocenters. The number of nitrogens with zero attached hydrogens (tertiary/aromatic N) is 3. The second kappa shape index (κ2) is 8.49. The third kappa shape index (κ3) is 4.31. The normalized spacial score (nSPS) is 19.4. The van der Waals surface area contributed by atoms with Gasteiger partial charge in [0.1, 0.15) is 5.75 Å². The summed E-state index contributed by atoms with van der Waals surface area (Å²) in [5.74, 6) is 0.232. The van der Waals surface area contributed by atoms with E-state index in [1.54, 1.807) is 18.2 Å². The van der Waals surface area contributed by atoms with Crippen LogP contribution in [0.3, 0.4) is 0 Å². The van der Waals surface area contributed by atoms with E-state index in [9.17, 15) is 14.7 Å². The molecule has 7 heteroatoms. The average molecular weight is 389 g/mol. The number of carbonyl (C=O) groups is 2. The first-order valence-corrected chi connectivity index (χ1v) is 10.0. The van der Waals surface area contributed by atoms with Gasteiger partial charge in [-0.15, -0.1) is 0 Å². The Balaban J connectivity index is 1.65. The molecule has 2 aliphatic heterocycles. The van der Waals surface area contributed by atoms with E-state index in [1.165, 1.54) is 0 Å². The summed E-state index contributed by atoms with van der Waals surface area (Å²) in [6.45, 7) is 11.0. The van der Waals surface area contributed by atoms with E-state index >= 15 is 0 Å². The number of morpholine rings is 1. The SMILES string of the molecule is Cc1cc(O)ccc1C(=O)N1CCCN(C(=O)C(C)(C)N2CCOCC2)CC1. The Morgan fingerprint density at radius 3 is 2.32 bits per heavy atom. The zero-order valence-corrected chi connectivity index (χ0v) is 17.1. The number of carbonyl (C=O) groups excluding carboxylic acids is 2. The van der Waals surface area contributed by atoms with Crippen molar-refractivity contribution in [1.82, 2.24) is 14.7 Å². The summed E-state index contributed by atoms with van der Waals surface area (Å²) in [7, 11) is 0. The van der Waals surface area contributed by atoms with E-state index < -0.39 is 5.54 Å². The number of aromatic hydroxyl groups is 1. The van der Waals surface area contributed by atoms with Gasteiger partial charge in [-0.2, -0.15) is 0 Å². The van der Waals surface area contributed by atoms with E-state index in [2.05, 4.69) is 4.90 Å². The van der Waals surface area contributed by atoms with Crippen LogP contribution in [0.4, 0.5) is 0 Å². The number of phenols is 1. The minimum absolute atomic E-state index is 0.0424. The van der Waals surface area contributed by atoms with Gasteiger partial charge in [-0.1, -0.05) is 0 Å². The van der Waals surface area contributed by atoms with Crippen LogP contribution >= 0.6 is 0 Å². The molecule has 1 aromatic rings. The van der Waals surface area contributed by atoms with E-state index in [0.29, 0.717) is 45.0 Å². The van der Waals surface area contributed by atoms with Crippen molar-refractivity contribution in [2.24, 2.45) is 0 Å². The van der Waals surface area contributed by atoms with Crippen LogP contribution in [-0.4, -0.2) is 89.6 Å². The highest BCUT2D eigenvalue weighted by Crippen LogP contribution is 2.22. The van der Waals surface area contributed by atoms with Gasteiger partial charge in [-0.25, -0.2) is 0 Å². The standard InChI is InChI=1S/C21H31N3O4/c1-16-15-17(25)5-6-18(16)19(26)22-7-4-8-23(10-9-22)20(27)21(2,3)24-11-13-28-14-12-24/h5-6,15,25H,4,7-14H2,1-3H3. The molecule has 7 nitrogen and oxygen atoms in total. The van der Waals surface area contributed by atoms with Crippen molar-refractivity contribution < 1.29 is 19.4 Å². The molecule has 1 aromatic carbocycles. The van der Waals surface area contributed by atoms with Gasteiger partial charge in [-0.3, -0.25) is 14.5 Å². The molecular formula is C21H31N3O4. The lowest BCUT2D eigenvalue weighted by molar-refractivity contribution is -0.145. The molecule has 1 N–H and O–H groups in total. The highest BCUT2D eigenvalue weighted by molar-refractivity contribution is 5.96. The number of hydrogen-bond acceptors (Lipinski definition) is 5. The van der Waals surface area contributed by atoms with Crippen LogP contribution in [0.25, 0.3) is 0 Å². The second-order valence-electron chi connectivity index (χ2n) is 8.10. The Labute approximate surface area is 166 Å². The Kier molecular flexibility index (Phi) is 6.25. The Morgan fingerprint density at radius 1 is 1.00 bits per heavy atom. The van der Waals surface area contributed by atoms with Gasteiger partial charge >= 0.3 is 0 Å². The van der Waals surface area contributed by atoms with Crippen LogP contribution in [0.5, 0.6) is 5.75 Å². The van der Waals surface area contributed by atoms with Gasteiger partial charge in [0.25, 0.3) is 5.91 Å². The lowest BCUT2D eigenvalue weighted by Gasteiger charge is -2.42. The van der Waals surface area contributed by atoms with Gasteiger partial charge in [0, 0.05) is 44.8 Å². The molecule has 2 aliphatic rings. The molecule has 3 rings (SSSR count). The van der Waals surface area contributed by atoms with Crippen molar-refractivity contribution in [3.05, 3.63) is 29.3 Å². The van der Waals surface area contributed by atoms with E-state index in [4.69, 9.17) is 4.74 Å². The number of hydrogen-bond donors (Lipinski definition) is 1. The number of aryl methyl sites for hydroxylation is 1. The molecular weight excluding hydrogens is 358 g/mol. The first-order chi connectivity index (χ1) is 13.3. The van der Waals surface area contributed by atoms with E-state index in [1.807, 2.05) is 30.6 Å². The molecule has 2 amide bonds. The van der Waals surface area contributed by atoms with Gasteiger partial charge in [0.05, 0.1) is 18.8 Å². The molecule has 0 saturated carbocycles. The van der Waals surface area contributed by atoms with Crippen LogP contribution in [0.2, 0.25) is 0 Å². The molecule has 0 aromatic heterocycles. The summed E-state index contributed by atoms with van der Waals surface area (Å²) in [6.07, 6.45) is 0.758. The topological polar surface area (TPSA) is 73.3 Å². The lowest BCUT2D eigenvalue weighted by Crippen LogP contribution is -2.59. The van der Waals surface area contributed by atoms with Gasteiger partial charge in [-0.05, 0) is 51.0 Å². The molecule has 2 saturated heterocycles. The number of rotatable bonds is 3. The largest absolute Gasteiger partial charge is 0.508 e. The van der Waals surface area contributed by atoms with Gasteiger partial charge < -0.3 is 19.6 Å². The Hall–Kier alpha value is -2.12. The first-order valence-electron chi connectivity index (χ1n) is 10.0. The summed E-state index contributed by atoms with van der Waals surface area (Å²) in [6, 6.07) is 4.81. The Morgan fingerprint density at radius 2 is 1.64 bits per heavy atom. The summed E-state index contributed by atoms with van der Waals surface area (Å²) in [5, 5.41) is 9.57. The van der Waals surface area contributed by atoms with Crippen molar-refractivity contribution in [2.45, 2.75) is 32.7 Å². The minimum Gasteiger partial charge on any atom is -0.508 e. The van der Waals surface area contributed by atoms with Crippen LogP contribution in [-0.2, 0) is 9.53 Å². The second-order valence-corrected chi connectivity index (χ2v) is 8.10. The van der Waals surface area contributed by atoms with Crippen LogP contribution < -0.4 is 0 Å². The molecule has 0 radical (unpaired) electrons. The van der Waals surface area contributed by atoms with Crippen molar-refractivity contribution in [3.63, 3.8) is 0 Å². The molecule has 28 heavy (non-hydrogen) atoms. The fraction of sp³-hybridized carbons (Fsp3) is 0.619. The number of ether oxygens (including phenoxy) is 1. The quantitative estimate of drug-likeness (QED) is 0.848. The smallest absolute Gasteiger partial charge is 0.254 e. The van der Waals surface area contributed by atoms with Crippen molar-refractivity contribution >= 4 is 11.8 Å². The zero-order valence-electron chi connectivity index (χ0n) is 17.1. The average Bonchev–Trinajstić information content (AvgIpc) is 2.94. The first kappa shape index (κ1) is 20.6. The number of benzene rings is 1. The molecule has 0 spiro atoms. The molecule has 2 heterocycles. The molecule has 0 bridgehead atoms. The van der Waals surface area contributed by atoms with Gasteiger partial charge in [0.15, 0.2) is 0 Å². The van der Waals surface area contributed by atoms with Crippen molar-refractivity contribution in [1.29, 1.82) is 0 Å². The molecule has 0 aliphatic carbocycles. The third-order valence-corrected chi connectivity index (χ3v) is 5.84. The van der Waals surface area contributed by atoms with E-state index in [0.717, 1.165) is 25.1 Å². The summed E-state index contributed by atoms with van der Waals surface area (Å²) < 4.78 is 5.41. The monoisotopic (exact) mass is 389 g/mol. The predicted molar refractivity (Wildman–Crippen MR) is 106 cm³/mol. The molecule has 2 fully saturated rings. The lowest BCUT2D eigenvalue weighted by atomic mass is 9.99. The predicted octanol–water partition coefficient (Wildman–Crippen LogP) is 1.49. The van der Waals surface area contributed by atoms with Gasteiger partial charge in [0.2, 0.25) is 5.91 Å². The summed E-state index contributed by atoms with van der Waals surface area (Å²) in [4.78, 5) is 32.0. The Bertz CT molecular complexity index is 728. The van der Waals surface area contributed by atoms with Crippen molar-refractivity contribution in [2.75, 3.05) is 52.5 Å². The van der Waals surface area contributed by atoms with Crippen molar-refractivity contribution in [3.8, 4) is 5.75 Å². The minimum atomic E-state index is -0.573. The van der Waals surface area contributed by atoms with E-state index in [-0.39, 0.29) is 17.6 Å². The maximum atomic E-state index is 13.2. The summed E-state index contributed by atoms with van der Waals surface area (Å²) >= 11 is 0.